The van der Waals surface area contributed by atoms with Gasteiger partial charge in [0.25, 0.3) is 11.8 Å². The van der Waals surface area contributed by atoms with Gasteiger partial charge in [0.2, 0.25) is 0 Å². The number of ether oxygens (including phenoxy) is 1. The molecule has 0 aliphatic carbocycles. The lowest BCUT2D eigenvalue weighted by Crippen LogP contribution is -2.54. The van der Waals surface area contributed by atoms with Gasteiger partial charge in [-0.1, -0.05) is 28.1 Å². The fourth-order valence-electron chi connectivity index (χ4n) is 2.55. The van der Waals surface area contributed by atoms with E-state index in [-0.39, 0.29) is 10.7 Å². The van der Waals surface area contributed by atoms with Crippen molar-refractivity contribution in [3.63, 3.8) is 0 Å². The number of nitrogens with one attached hydrogen (secondary N) is 1. The van der Waals surface area contributed by atoms with Crippen molar-refractivity contribution >= 4 is 62.8 Å². The first-order chi connectivity index (χ1) is 13.8. The lowest BCUT2D eigenvalue weighted by Gasteiger charge is -2.29. The number of thiocarbonyl (C=S) groups is 1. The number of hydrogen-bond acceptors (Lipinski definition) is 5. The van der Waals surface area contributed by atoms with Crippen molar-refractivity contribution in [3.05, 3.63) is 64.1 Å². The zero-order valence-corrected chi connectivity index (χ0v) is 17.5. The third-order valence-corrected chi connectivity index (χ3v) is 4.85. The van der Waals surface area contributed by atoms with Crippen LogP contribution in [-0.4, -0.2) is 34.1 Å². The second-order valence-corrected chi connectivity index (χ2v) is 7.40. The van der Waals surface area contributed by atoms with Crippen LogP contribution in [0.4, 0.5) is 5.69 Å². The molecular formula is C20H15BrN2O5S. The third-order valence-electron chi connectivity index (χ3n) is 4.04. The number of hydrogen-bond donors (Lipinski definition) is 2. The molecule has 0 saturated carbocycles. The van der Waals surface area contributed by atoms with Crippen LogP contribution in [0.5, 0.6) is 5.75 Å². The average molecular weight is 475 g/mol. The van der Waals surface area contributed by atoms with Crippen molar-refractivity contribution < 1.29 is 24.2 Å². The van der Waals surface area contributed by atoms with Gasteiger partial charge in [0.15, 0.2) is 11.2 Å². The Morgan fingerprint density at radius 3 is 2.38 bits per heavy atom. The normalized spacial score (nSPS) is 16.6. The first-order valence-electron chi connectivity index (χ1n) is 8.43. The summed E-state index contributed by atoms with van der Waals surface area (Å²) in [5.74, 6) is -1.85. The summed E-state index contributed by atoms with van der Waals surface area (Å²) in [6, 6.07) is 13.3. The molecule has 1 atom stereocenters. The molecule has 0 bridgehead atoms. The molecule has 1 aliphatic rings. The molecule has 0 spiro atoms. The number of anilines is 1. The van der Waals surface area contributed by atoms with Gasteiger partial charge in [-0.2, -0.15) is 0 Å². The van der Waals surface area contributed by atoms with Gasteiger partial charge in [-0.05, 0) is 67.2 Å². The van der Waals surface area contributed by atoms with Gasteiger partial charge in [-0.15, -0.1) is 0 Å². The molecule has 2 aromatic carbocycles. The van der Waals surface area contributed by atoms with Crippen LogP contribution in [0.25, 0.3) is 6.08 Å². The molecule has 2 N–H and O–H groups in total. The summed E-state index contributed by atoms with van der Waals surface area (Å²) in [6.45, 7) is 1.42. The Bertz CT molecular complexity index is 1020. The maximum atomic E-state index is 12.9. The van der Waals surface area contributed by atoms with Crippen LogP contribution in [0.1, 0.15) is 12.5 Å². The molecule has 3 rings (SSSR count). The molecule has 1 heterocycles. The Morgan fingerprint density at radius 2 is 1.79 bits per heavy atom. The lowest BCUT2D eigenvalue weighted by molar-refractivity contribution is -0.144. The molecule has 7 nitrogen and oxygen atoms in total. The highest BCUT2D eigenvalue weighted by Crippen LogP contribution is 2.24. The Morgan fingerprint density at radius 1 is 1.17 bits per heavy atom. The largest absolute Gasteiger partial charge is 0.479 e. The maximum Gasteiger partial charge on any atom is 0.344 e. The summed E-state index contributed by atoms with van der Waals surface area (Å²) in [7, 11) is 0. The van der Waals surface area contributed by atoms with Gasteiger partial charge in [0.05, 0.1) is 5.69 Å². The molecule has 2 aromatic rings. The Kier molecular flexibility index (Phi) is 6.09. The number of rotatable bonds is 5. The van der Waals surface area contributed by atoms with Crippen LogP contribution >= 0.6 is 28.1 Å². The van der Waals surface area contributed by atoms with Crippen LogP contribution in [0, 0.1) is 0 Å². The third kappa shape index (κ3) is 4.69. The molecule has 0 aromatic heterocycles. The van der Waals surface area contributed by atoms with E-state index >= 15 is 0 Å². The summed E-state index contributed by atoms with van der Waals surface area (Å²) in [5, 5.41) is 11.4. The van der Waals surface area contributed by atoms with E-state index in [1.807, 2.05) is 0 Å². The van der Waals surface area contributed by atoms with E-state index in [2.05, 4.69) is 21.2 Å². The van der Waals surface area contributed by atoms with Crippen LogP contribution in [-0.2, 0) is 14.4 Å². The maximum absolute atomic E-state index is 12.9. The van der Waals surface area contributed by atoms with Crippen molar-refractivity contribution in [2.45, 2.75) is 13.0 Å². The molecule has 1 saturated heterocycles. The van der Waals surface area contributed by atoms with Gasteiger partial charge >= 0.3 is 5.97 Å². The summed E-state index contributed by atoms with van der Waals surface area (Å²) in [5.41, 5.74) is 1.02. The molecule has 29 heavy (non-hydrogen) atoms. The van der Waals surface area contributed by atoms with Gasteiger partial charge in [0, 0.05) is 4.47 Å². The number of carboxylic acid groups (broad SMARTS) is 1. The fourth-order valence-corrected chi connectivity index (χ4v) is 3.09. The summed E-state index contributed by atoms with van der Waals surface area (Å²) in [4.78, 5) is 37.4. The lowest BCUT2D eigenvalue weighted by atomic mass is 10.1. The molecule has 9 heteroatoms. The zero-order valence-electron chi connectivity index (χ0n) is 15.1. The predicted octanol–water partition coefficient (Wildman–Crippen LogP) is 3.13. The van der Waals surface area contributed by atoms with Crippen molar-refractivity contribution in [1.29, 1.82) is 0 Å². The Hall–Kier alpha value is -3.04. The number of nitrogens with zero attached hydrogens (tertiary/aromatic N) is 1. The number of amides is 2. The number of aliphatic carboxylic acids is 1. The second kappa shape index (κ2) is 8.54. The number of halogens is 1. The summed E-state index contributed by atoms with van der Waals surface area (Å²) in [6.07, 6.45) is 0.445. The molecule has 1 unspecified atom stereocenters. The van der Waals surface area contributed by atoms with E-state index in [0.717, 1.165) is 4.47 Å². The van der Waals surface area contributed by atoms with E-state index in [0.29, 0.717) is 17.0 Å². The topological polar surface area (TPSA) is 95.9 Å². The molecule has 1 fully saturated rings. The van der Waals surface area contributed by atoms with Gasteiger partial charge in [-0.3, -0.25) is 19.8 Å². The van der Waals surface area contributed by atoms with Crippen LogP contribution in [0.2, 0.25) is 0 Å². The van der Waals surface area contributed by atoms with Gasteiger partial charge in [-0.25, -0.2) is 4.79 Å². The monoisotopic (exact) mass is 474 g/mol. The number of benzene rings is 2. The molecule has 148 valence electrons. The molecule has 1 aliphatic heterocycles. The van der Waals surface area contributed by atoms with Crippen LogP contribution < -0.4 is 15.0 Å². The minimum Gasteiger partial charge on any atom is -0.479 e. The van der Waals surface area contributed by atoms with Gasteiger partial charge in [0.1, 0.15) is 11.3 Å². The molecule has 2 amide bonds. The highest BCUT2D eigenvalue weighted by molar-refractivity contribution is 9.10. The number of carboxylic acids is 1. The first-order valence-corrected chi connectivity index (χ1v) is 9.63. The van der Waals surface area contributed by atoms with Crippen molar-refractivity contribution in [2.24, 2.45) is 0 Å². The smallest absolute Gasteiger partial charge is 0.344 e. The number of carbonyl (C=O) groups excluding carboxylic acids is 2. The Balaban J connectivity index is 1.86. The minimum atomic E-state index is -1.08. The summed E-state index contributed by atoms with van der Waals surface area (Å²) < 4.78 is 6.11. The highest BCUT2D eigenvalue weighted by Gasteiger charge is 2.34. The highest BCUT2D eigenvalue weighted by atomic mass is 79.9. The molecular weight excluding hydrogens is 460 g/mol. The van der Waals surface area contributed by atoms with E-state index in [4.69, 9.17) is 22.1 Å². The summed E-state index contributed by atoms with van der Waals surface area (Å²) >= 11 is 8.50. The van der Waals surface area contributed by atoms with Crippen molar-refractivity contribution in [2.75, 3.05) is 4.90 Å². The molecule has 0 radical (unpaired) electrons. The van der Waals surface area contributed by atoms with Crippen molar-refractivity contribution in [1.82, 2.24) is 5.32 Å². The van der Waals surface area contributed by atoms with Gasteiger partial charge < -0.3 is 9.84 Å². The van der Waals surface area contributed by atoms with E-state index in [1.165, 1.54) is 17.9 Å². The van der Waals surface area contributed by atoms with Crippen LogP contribution in [0.3, 0.4) is 0 Å². The Labute approximate surface area is 180 Å². The predicted molar refractivity (Wildman–Crippen MR) is 115 cm³/mol. The quantitative estimate of drug-likeness (QED) is 0.392. The first kappa shape index (κ1) is 20.7. The second-order valence-electron chi connectivity index (χ2n) is 6.10. The van der Waals surface area contributed by atoms with E-state index in [9.17, 15) is 14.4 Å². The average Bonchev–Trinajstić information content (AvgIpc) is 2.67. The fraction of sp³-hybridized carbons (Fsp3) is 0.100. The number of carbonyl (C=O) groups is 3. The van der Waals surface area contributed by atoms with Crippen molar-refractivity contribution in [3.8, 4) is 5.75 Å². The van der Waals surface area contributed by atoms with E-state index in [1.54, 1.807) is 48.5 Å². The SMILES string of the molecule is CC(Oc1ccc(C=C2C(=O)NC(=S)N(c3ccc(Br)cc3)C2=O)cc1)C(=O)O. The van der Waals surface area contributed by atoms with E-state index < -0.39 is 23.9 Å². The minimum absolute atomic E-state index is 0.00544. The zero-order chi connectivity index (χ0) is 21.1. The van der Waals surface area contributed by atoms with Crippen LogP contribution in [0.15, 0.2) is 58.6 Å². The standard InChI is InChI=1S/C20H15BrN2O5S/c1-11(19(26)27)28-15-8-2-12(3-9-15)10-16-17(24)22-20(29)23(18(16)25)14-6-4-13(21)5-7-14/h2-11H,1H3,(H,26,27)(H,22,24,29).